The summed E-state index contributed by atoms with van der Waals surface area (Å²) in [6.07, 6.45) is -0.636. The van der Waals surface area contributed by atoms with Gasteiger partial charge in [-0.1, -0.05) is 22.0 Å². The van der Waals surface area contributed by atoms with Crippen LogP contribution in [0.3, 0.4) is 0 Å². The Balaban J connectivity index is 2.01. The van der Waals surface area contributed by atoms with E-state index >= 15 is 0 Å². The number of halogens is 2. The third-order valence-electron chi connectivity index (χ3n) is 2.98. The molecule has 0 fully saturated rings. The number of carbonyl (C=O) groups excluding carboxylic acids is 1. The zero-order chi connectivity index (χ0) is 16.8. The highest BCUT2D eigenvalue weighted by atomic mass is 79.9. The van der Waals surface area contributed by atoms with Crippen molar-refractivity contribution in [2.75, 3.05) is 11.9 Å². The van der Waals surface area contributed by atoms with Crippen molar-refractivity contribution in [2.45, 2.75) is 20.0 Å². The standard InChI is InChI=1S/C17H17Br2NO3/c1-3-22-14-6-4-5-13(10-14)20-17(21)11(2)23-16-8-7-12(18)9-15(16)19/h4-11H,3H2,1-2H3,(H,20,21)/t11-/m0/s1. The molecule has 0 radical (unpaired) electrons. The lowest BCUT2D eigenvalue weighted by molar-refractivity contribution is -0.122. The SMILES string of the molecule is CCOc1cccc(NC(=O)[C@H](C)Oc2ccc(Br)cc2Br)c1. The summed E-state index contributed by atoms with van der Waals surface area (Å²) in [4.78, 5) is 12.3. The Morgan fingerprint density at radius 1 is 1.22 bits per heavy atom. The fourth-order valence-electron chi connectivity index (χ4n) is 1.89. The van der Waals surface area contributed by atoms with E-state index in [1.54, 1.807) is 19.1 Å². The molecule has 6 heteroatoms. The molecule has 1 amide bonds. The van der Waals surface area contributed by atoms with Gasteiger partial charge in [0.25, 0.3) is 5.91 Å². The first-order valence-corrected chi connectivity index (χ1v) is 8.73. The Hall–Kier alpha value is -1.53. The molecule has 2 aromatic carbocycles. The molecule has 1 atom stereocenters. The van der Waals surface area contributed by atoms with Crippen molar-refractivity contribution in [1.82, 2.24) is 0 Å². The average molecular weight is 443 g/mol. The van der Waals surface area contributed by atoms with E-state index < -0.39 is 6.10 Å². The van der Waals surface area contributed by atoms with E-state index in [4.69, 9.17) is 9.47 Å². The number of amides is 1. The van der Waals surface area contributed by atoms with Gasteiger partial charge in [0, 0.05) is 16.2 Å². The molecule has 2 aromatic rings. The molecule has 0 heterocycles. The van der Waals surface area contributed by atoms with Crippen molar-refractivity contribution in [2.24, 2.45) is 0 Å². The number of hydrogen-bond donors (Lipinski definition) is 1. The monoisotopic (exact) mass is 441 g/mol. The Morgan fingerprint density at radius 3 is 2.70 bits per heavy atom. The van der Waals surface area contributed by atoms with Crippen molar-refractivity contribution in [3.8, 4) is 11.5 Å². The molecule has 0 spiro atoms. The minimum absolute atomic E-state index is 0.228. The summed E-state index contributed by atoms with van der Waals surface area (Å²) in [5.41, 5.74) is 0.672. The highest BCUT2D eigenvalue weighted by molar-refractivity contribution is 9.11. The van der Waals surface area contributed by atoms with E-state index in [9.17, 15) is 4.79 Å². The fraction of sp³-hybridized carbons (Fsp3) is 0.235. The maximum Gasteiger partial charge on any atom is 0.265 e. The van der Waals surface area contributed by atoms with E-state index in [2.05, 4.69) is 37.2 Å². The predicted octanol–water partition coefficient (Wildman–Crippen LogP) is 5.02. The second-order valence-corrected chi connectivity index (χ2v) is 6.55. The van der Waals surface area contributed by atoms with Crippen LogP contribution in [0.2, 0.25) is 0 Å². The number of hydrogen-bond acceptors (Lipinski definition) is 3. The van der Waals surface area contributed by atoms with Gasteiger partial charge in [0.05, 0.1) is 11.1 Å². The van der Waals surface area contributed by atoms with Gasteiger partial charge in [0.1, 0.15) is 11.5 Å². The van der Waals surface area contributed by atoms with Gasteiger partial charge in [-0.05, 0) is 60.1 Å². The van der Waals surface area contributed by atoms with Gasteiger partial charge in [-0.25, -0.2) is 0 Å². The first-order chi connectivity index (χ1) is 11.0. The van der Waals surface area contributed by atoms with Crippen molar-refractivity contribution >= 4 is 43.5 Å². The van der Waals surface area contributed by atoms with Gasteiger partial charge >= 0.3 is 0 Å². The van der Waals surface area contributed by atoms with Gasteiger partial charge in [-0.3, -0.25) is 4.79 Å². The molecule has 4 nitrogen and oxygen atoms in total. The van der Waals surface area contributed by atoms with E-state index in [-0.39, 0.29) is 5.91 Å². The lowest BCUT2D eigenvalue weighted by atomic mass is 10.2. The van der Waals surface area contributed by atoms with Crippen molar-refractivity contribution in [1.29, 1.82) is 0 Å². The first kappa shape index (κ1) is 17.8. The van der Waals surface area contributed by atoms with Crippen LogP contribution in [0, 0.1) is 0 Å². The molecule has 0 unspecified atom stereocenters. The number of anilines is 1. The lowest BCUT2D eigenvalue weighted by Gasteiger charge is -2.16. The Kier molecular flexibility index (Phi) is 6.47. The number of benzene rings is 2. The molecule has 0 saturated heterocycles. The molecule has 0 aliphatic carbocycles. The molecule has 1 N–H and O–H groups in total. The summed E-state index contributed by atoms with van der Waals surface area (Å²) in [5, 5.41) is 2.82. The molecule has 122 valence electrons. The van der Waals surface area contributed by atoms with Crippen LogP contribution in [0.4, 0.5) is 5.69 Å². The smallest absolute Gasteiger partial charge is 0.265 e. The fourth-order valence-corrected chi connectivity index (χ4v) is 3.03. The number of ether oxygens (including phenoxy) is 2. The molecule has 0 saturated carbocycles. The van der Waals surface area contributed by atoms with Crippen molar-refractivity contribution in [3.63, 3.8) is 0 Å². The van der Waals surface area contributed by atoms with Crippen LogP contribution in [0.5, 0.6) is 11.5 Å². The van der Waals surface area contributed by atoms with Crippen molar-refractivity contribution < 1.29 is 14.3 Å². The van der Waals surface area contributed by atoms with Gasteiger partial charge in [-0.2, -0.15) is 0 Å². The van der Waals surface area contributed by atoms with E-state index in [0.29, 0.717) is 18.0 Å². The third-order valence-corrected chi connectivity index (χ3v) is 4.09. The van der Waals surface area contributed by atoms with E-state index in [1.165, 1.54) is 0 Å². The van der Waals surface area contributed by atoms with Crippen LogP contribution in [0.1, 0.15) is 13.8 Å². The second-order valence-electron chi connectivity index (χ2n) is 4.78. The van der Waals surface area contributed by atoms with Gasteiger partial charge in [-0.15, -0.1) is 0 Å². The van der Waals surface area contributed by atoms with Crippen molar-refractivity contribution in [3.05, 3.63) is 51.4 Å². The maximum absolute atomic E-state index is 12.3. The summed E-state index contributed by atoms with van der Waals surface area (Å²) in [7, 11) is 0. The Labute approximate surface area is 152 Å². The number of rotatable bonds is 6. The third kappa shape index (κ3) is 5.25. The minimum Gasteiger partial charge on any atom is -0.494 e. The highest BCUT2D eigenvalue weighted by Crippen LogP contribution is 2.29. The van der Waals surface area contributed by atoms with Crippen LogP contribution in [-0.2, 0) is 4.79 Å². The molecular weight excluding hydrogens is 426 g/mol. The van der Waals surface area contributed by atoms with E-state index in [0.717, 1.165) is 14.7 Å². The average Bonchev–Trinajstić information content (AvgIpc) is 2.50. The molecule has 23 heavy (non-hydrogen) atoms. The maximum atomic E-state index is 12.3. The summed E-state index contributed by atoms with van der Waals surface area (Å²) in [6.45, 7) is 4.20. The van der Waals surface area contributed by atoms with Gasteiger partial charge in [0.2, 0.25) is 0 Å². The largest absolute Gasteiger partial charge is 0.494 e. The molecule has 0 aliphatic heterocycles. The lowest BCUT2D eigenvalue weighted by Crippen LogP contribution is -2.30. The van der Waals surface area contributed by atoms with Crippen LogP contribution >= 0.6 is 31.9 Å². The molecule has 0 aliphatic rings. The highest BCUT2D eigenvalue weighted by Gasteiger charge is 2.16. The second kappa shape index (κ2) is 8.36. The Bertz CT molecular complexity index is 691. The predicted molar refractivity (Wildman–Crippen MR) is 98.2 cm³/mol. The molecule has 2 rings (SSSR count). The van der Waals surface area contributed by atoms with Crippen LogP contribution in [0.25, 0.3) is 0 Å². The number of carbonyl (C=O) groups is 1. The summed E-state index contributed by atoms with van der Waals surface area (Å²) < 4.78 is 12.8. The van der Waals surface area contributed by atoms with Gasteiger partial charge in [0.15, 0.2) is 6.10 Å². The molecule has 0 aromatic heterocycles. The zero-order valence-corrected chi connectivity index (χ0v) is 16.0. The minimum atomic E-state index is -0.636. The zero-order valence-electron chi connectivity index (χ0n) is 12.8. The quantitative estimate of drug-likeness (QED) is 0.683. The molecule has 0 bridgehead atoms. The summed E-state index contributed by atoms with van der Waals surface area (Å²) in [5.74, 6) is 1.10. The topological polar surface area (TPSA) is 47.6 Å². The van der Waals surface area contributed by atoms with Crippen LogP contribution in [-0.4, -0.2) is 18.6 Å². The van der Waals surface area contributed by atoms with Crippen LogP contribution < -0.4 is 14.8 Å². The van der Waals surface area contributed by atoms with Gasteiger partial charge < -0.3 is 14.8 Å². The van der Waals surface area contributed by atoms with E-state index in [1.807, 2.05) is 37.3 Å². The Morgan fingerprint density at radius 2 is 2.00 bits per heavy atom. The molecular formula is C17H17Br2NO3. The van der Waals surface area contributed by atoms with Crippen LogP contribution in [0.15, 0.2) is 51.4 Å². The normalized spacial score (nSPS) is 11.7. The first-order valence-electron chi connectivity index (χ1n) is 7.15. The summed E-state index contributed by atoms with van der Waals surface area (Å²) >= 11 is 6.79. The summed E-state index contributed by atoms with van der Waals surface area (Å²) in [6, 6.07) is 12.8. The number of nitrogens with one attached hydrogen (secondary N) is 1.